The third-order valence-corrected chi connectivity index (χ3v) is 5.47. The van der Waals surface area contributed by atoms with Crippen molar-refractivity contribution in [2.24, 2.45) is 0 Å². The normalized spacial score (nSPS) is 11.6. The van der Waals surface area contributed by atoms with E-state index in [1.807, 2.05) is 13.8 Å². The molecule has 140 valence electrons. The molecule has 0 unspecified atom stereocenters. The highest BCUT2D eigenvalue weighted by atomic mass is 35.5. The van der Waals surface area contributed by atoms with Gasteiger partial charge in [-0.2, -0.15) is 4.31 Å². The average Bonchev–Trinajstić information content (AvgIpc) is 2.56. The maximum absolute atomic E-state index is 12.5. The third kappa shape index (κ3) is 5.45. The molecule has 0 aliphatic rings. The SMILES string of the molecule is CC(C)Oc1ccc(NC(=O)CN(C)S(=O)(=O)c2ccc(Cl)cc2)cc1. The largest absolute Gasteiger partial charge is 0.491 e. The van der Waals surface area contributed by atoms with Gasteiger partial charge in [-0.3, -0.25) is 4.79 Å². The van der Waals surface area contributed by atoms with E-state index in [-0.39, 0.29) is 17.5 Å². The van der Waals surface area contributed by atoms with Crippen molar-refractivity contribution >= 4 is 33.2 Å². The lowest BCUT2D eigenvalue weighted by Gasteiger charge is -2.17. The molecule has 0 aliphatic carbocycles. The second-order valence-electron chi connectivity index (χ2n) is 5.95. The van der Waals surface area contributed by atoms with Crippen LogP contribution in [0.4, 0.5) is 5.69 Å². The lowest BCUT2D eigenvalue weighted by molar-refractivity contribution is -0.116. The quantitative estimate of drug-likeness (QED) is 0.778. The third-order valence-electron chi connectivity index (χ3n) is 3.40. The maximum atomic E-state index is 12.5. The number of benzene rings is 2. The van der Waals surface area contributed by atoms with E-state index in [0.29, 0.717) is 16.5 Å². The summed E-state index contributed by atoms with van der Waals surface area (Å²) in [5, 5.41) is 3.10. The Hall–Kier alpha value is -2.09. The van der Waals surface area contributed by atoms with Gasteiger partial charge in [0.05, 0.1) is 17.5 Å². The molecule has 0 bridgehead atoms. The molecular weight excluding hydrogens is 376 g/mol. The molecule has 6 nitrogen and oxygen atoms in total. The fourth-order valence-electron chi connectivity index (χ4n) is 2.16. The van der Waals surface area contributed by atoms with E-state index in [4.69, 9.17) is 16.3 Å². The van der Waals surface area contributed by atoms with Crippen molar-refractivity contribution in [3.63, 3.8) is 0 Å². The first-order valence-corrected chi connectivity index (χ1v) is 9.79. The van der Waals surface area contributed by atoms with Crippen LogP contribution in [0.1, 0.15) is 13.8 Å². The van der Waals surface area contributed by atoms with E-state index in [1.165, 1.54) is 31.3 Å². The maximum Gasteiger partial charge on any atom is 0.243 e. The first-order chi connectivity index (χ1) is 12.2. The number of nitrogens with one attached hydrogen (secondary N) is 1. The Kier molecular flexibility index (Phi) is 6.63. The van der Waals surface area contributed by atoms with Crippen LogP contribution in [0.2, 0.25) is 5.02 Å². The fourth-order valence-corrected chi connectivity index (χ4v) is 3.42. The highest BCUT2D eigenvalue weighted by Gasteiger charge is 2.22. The number of nitrogens with zero attached hydrogens (tertiary/aromatic N) is 1. The summed E-state index contributed by atoms with van der Waals surface area (Å²) < 4.78 is 31.4. The van der Waals surface area contributed by atoms with Crippen LogP contribution >= 0.6 is 11.6 Å². The van der Waals surface area contributed by atoms with Crippen LogP contribution in [0.5, 0.6) is 5.75 Å². The number of halogens is 1. The van der Waals surface area contributed by atoms with Gasteiger partial charge in [-0.1, -0.05) is 11.6 Å². The van der Waals surface area contributed by atoms with Gasteiger partial charge in [0, 0.05) is 17.8 Å². The highest BCUT2D eigenvalue weighted by molar-refractivity contribution is 7.89. The van der Waals surface area contributed by atoms with Crippen molar-refractivity contribution in [2.75, 3.05) is 18.9 Å². The van der Waals surface area contributed by atoms with Crippen LogP contribution < -0.4 is 10.1 Å². The van der Waals surface area contributed by atoms with Crippen LogP contribution in [-0.4, -0.2) is 38.3 Å². The lowest BCUT2D eigenvalue weighted by atomic mass is 10.3. The summed E-state index contributed by atoms with van der Waals surface area (Å²) in [5.74, 6) is 0.253. The van der Waals surface area contributed by atoms with Crippen molar-refractivity contribution in [3.8, 4) is 5.75 Å². The van der Waals surface area contributed by atoms with Crippen LogP contribution in [-0.2, 0) is 14.8 Å². The van der Waals surface area contributed by atoms with Gasteiger partial charge in [0.1, 0.15) is 5.75 Å². The smallest absolute Gasteiger partial charge is 0.243 e. The Morgan fingerprint density at radius 2 is 1.69 bits per heavy atom. The van der Waals surface area contributed by atoms with Gasteiger partial charge in [0.2, 0.25) is 15.9 Å². The van der Waals surface area contributed by atoms with Gasteiger partial charge >= 0.3 is 0 Å². The summed E-state index contributed by atoms with van der Waals surface area (Å²) in [6.45, 7) is 3.54. The fraction of sp³-hybridized carbons (Fsp3) is 0.278. The molecule has 1 N–H and O–H groups in total. The average molecular weight is 397 g/mol. The molecule has 0 atom stereocenters. The molecule has 0 fully saturated rings. The Bertz CT molecular complexity index is 850. The molecule has 2 rings (SSSR count). The molecule has 0 heterocycles. The van der Waals surface area contributed by atoms with Crippen LogP contribution in [0.15, 0.2) is 53.4 Å². The van der Waals surface area contributed by atoms with Crippen molar-refractivity contribution in [1.82, 2.24) is 4.31 Å². The number of ether oxygens (including phenoxy) is 1. The second-order valence-corrected chi connectivity index (χ2v) is 8.44. The minimum atomic E-state index is -3.77. The Morgan fingerprint density at radius 1 is 1.12 bits per heavy atom. The molecule has 1 amide bonds. The number of likely N-dealkylation sites (N-methyl/N-ethyl adjacent to an activating group) is 1. The van der Waals surface area contributed by atoms with Crippen molar-refractivity contribution in [2.45, 2.75) is 24.8 Å². The molecule has 2 aromatic rings. The van der Waals surface area contributed by atoms with Crippen LogP contribution in [0, 0.1) is 0 Å². The summed E-state index contributed by atoms with van der Waals surface area (Å²) >= 11 is 5.77. The molecule has 2 aromatic carbocycles. The minimum absolute atomic E-state index is 0.0576. The molecule has 0 spiro atoms. The number of carbonyl (C=O) groups excluding carboxylic acids is 1. The number of anilines is 1. The van der Waals surface area contributed by atoms with Gasteiger partial charge in [-0.05, 0) is 62.4 Å². The zero-order valence-electron chi connectivity index (χ0n) is 14.8. The summed E-state index contributed by atoms with van der Waals surface area (Å²) in [4.78, 5) is 12.2. The van der Waals surface area contributed by atoms with E-state index in [2.05, 4.69) is 5.32 Å². The Balaban J connectivity index is 1.99. The van der Waals surface area contributed by atoms with Crippen LogP contribution in [0.3, 0.4) is 0 Å². The van der Waals surface area contributed by atoms with Gasteiger partial charge in [0.25, 0.3) is 0 Å². The van der Waals surface area contributed by atoms with E-state index in [9.17, 15) is 13.2 Å². The van der Waals surface area contributed by atoms with E-state index in [1.54, 1.807) is 24.3 Å². The number of rotatable bonds is 7. The zero-order chi connectivity index (χ0) is 19.3. The highest BCUT2D eigenvalue weighted by Crippen LogP contribution is 2.19. The molecule has 0 saturated carbocycles. The molecule has 0 radical (unpaired) electrons. The molecule has 0 aliphatic heterocycles. The summed E-state index contributed by atoms with van der Waals surface area (Å²) in [7, 11) is -2.42. The van der Waals surface area contributed by atoms with Crippen molar-refractivity contribution in [3.05, 3.63) is 53.6 Å². The van der Waals surface area contributed by atoms with E-state index >= 15 is 0 Å². The summed E-state index contributed by atoms with van der Waals surface area (Å²) in [6.07, 6.45) is 0.0576. The molecule has 8 heteroatoms. The number of sulfonamides is 1. The predicted molar refractivity (Wildman–Crippen MR) is 102 cm³/mol. The standard InChI is InChI=1S/C18H21ClN2O4S/c1-13(2)25-16-8-6-15(7-9-16)20-18(22)12-21(3)26(23,24)17-10-4-14(19)5-11-17/h4-11,13H,12H2,1-3H3,(H,20,22). The first kappa shape index (κ1) is 20.2. The summed E-state index contributed by atoms with van der Waals surface area (Å²) in [5.41, 5.74) is 0.559. The minimum Gasteiger partial charge on any atom is -0.491 e. The van der Waals surface area contributed by atoms with E-state index in [0.717, 1.165) is 4.31 Å². The first-order valence-electron chi connectivity index (χ1n) is 7.97. The molecular formula is C18H21ClN2O4S. The van der Waals surface area contributed by atoms with Crippen molar-refractivity contribution < 1.29 is 17.9 Å². The molecule has 0 aromatic heterocycles. The summed E-state index contributed by atoms with van der Waals surface area (Å²) in [6, 6.07) is 12.7. The van der Waals surface area contributed by atoms with Gasteiger partial charge in [-0.25, -0.2) is 8.42 Å². The van der Waals surface area contributed by atoms with Crippen molar-refractivity contribution in [1.29, 1.82) is 0 Å². The lowest BCUT2D eigenvalue weighted by Crippen LogP contribution is -2.34. The molecule has 26 heavy (non-hydrogen) atoms. The van der Waals surface area contributed by atoms with Crippen LogP contribution in [0.25, 0.3) is 0 Å². The number of amides is 1. The monoisotopic (exact) mass is 396 g/mol. The van der Waals surface area contributed by atoms with Gasteiger partial charge in [0.15, 0.2) is 0 Å². The number of hydrogen-bond acceptors (Lipinski definition) is 4. The Labute approximate surface area is 158 Å². The van der Waals surface area contributed by atoms with Gasteiger partial charge < -0.3 is 10.1 Å². The predicted octanol–water partition coefficient (Wildman–Crippen LogP) is 3.39. The number of hydrogen-bond donors (Lipinski definition) is 1. The topological polar surface area (TPSA) is 75.7 Å². The number of carbonyl (C=O) groups is 1. The molecule has 0 saturated heterocycles. The Morgan fingerprint density at radius 3 is 2.23 bits per heavy atom. The van der Waals surface area contributed by atoms with Gasteiger partial charge in [-0.15, -0.1) is 0 Å². The zero-order valence-corrected chi connectivity index (χ0v) is 16.3. The van der Waals surface area contributed by atoms with E-state index < -0.39 is 15.9 Å². The second kappa shape index (κ2) is 8.53.